The lowest BCUT2D eigenvalue weighted by Gasteiger charge is -2.45. The Morgan fingerprint density at radius 1 is 0.268 bits per heavy atom. The largest absolute Gasteiger partial charge is 0.310 e. The maximum atomic E-state index is 2.49. The van der Waals surface area contributed by atoms with Crippen LogP contribution in [0.15, 0.2) is 279 Å². The minimum atomic E-state index is -0.507. The van der Waals surface area contributed by atoms with Gasteiger partial charge in [-0.3, -0.25) is 0 Å². The molecule has 0 bridgehead atoms. The van der Waals surface area contributed by atoms with Crippen molar-refractivity contribution in [1.29, 1.82) is 0 Å². The summed E-state index contributed by atoms with van der Waals surface area (Å²) in [7, 11) is 0. The quantitative estimate of drug-likeness (QED) is 0.147. The van der Waals surface area contributed by atoms with Crippen molar-refractivity contribution >= 4 is 55.7 Å². The number of nitrogens with zero attached hydrogens (tertiary/aromatic N) is 2. The highest BCUT2D eigenvalue weighted by atomic mass is 15.2. The summed E-state index contributed by atoms with van der Waals surface area (Å²) in [6.45, 7) is 0. The molecular weight excluding hydrogens is 857 g/mol. The second-order valence-electron chi connectivity index (χ2n) is 18.8. The predicted octanol–water partition coefficient (Wildman–Crippen LogP) is 18.6. The van der Waals surface area contributed by atoms with Crippen molar-refractivity contribution in [3.05, 3.63) is 301 Å². The summed E-state index contributed by atoms with van der Waals surface area (Å²) < 4.78 is 0. The Labute approximate surface area is 414 Å². The lowest BCUT2D eigenvalue weighted by Crippen LogP contribution is -2.36. The van der Waals surface area contributed by atoms with Crippen LogP contribution < -0.4 is 9.80 Å². The molecule has 0 amide bonds. The number of hydrogen-bond donors (Lipinski definition) is 0. The number of anilines is 6. The molecule has 332 valence electrons. The van der Waals surface area contributed by atoms with Crippen molar-refractivity contribution in [3.63, 3.8) is 0 Å². The molecule has 1 aliphatic carbocycles. The molecule has 12 aromatic rings. The van der Waals surface area contributed by atoms with Crippen LogP contribution >= 0.6 is 0 Å². The monoisotopic (exact) mass is 902 g/mol. The van der Waals surface area contributed by atoms with Crippen LogP contribution in [-0.4, -0.2) is 0 Å². The highest BCUT2D eigenvalue weighted by Crippen LogP contribution is 2.63. The van der Waals surface area contributed by atoms with Gasteiger partial charge in [-0.1, -0.05) is 206 Å². The average Bonchev–Trinajstić information content (AvgIpc) is 3.74. The number of rotatable bonds is 7. The van der Waals surface area contributed by atoms with Crippen molar-refractivity contribution in [2.75, 3.05) is 9.80 Å². The van der Waals surface area contributed by atoms with Gasteiger partial charge in [0, 0.05) is 22.7 Å². The van der Waals surface area contributed by atoms with E-state index in [4.69, 9.17) is 0 Å². The van der Waals surface area contributed by atoms with Crippen LogP contribution in [0, 0.1) is 0 Å². The Bertz CT molecular complexity index is 3840. The SMILES string of the molecule is c1ccc(-c2ccc(N(c3ccc(-c4ccccc4)cc3)c3ccc4c(ccc5cc(-c6ccc7c(c6)C6(c8ccccc8-7)c7ccccc7N(c7ccccc7)c7ccccc76)ccc54)c3)cc2)cc1. The molecule has 12 aromatic carbocycles. The summed E-state index contributed by atoms with van der Waals surface area (Å²) in [5, 5.41) is 4.90. The van der Waals surface area contributed by atoms with Crippen LogP contribution in [0.3, 0.4) is 0 Å². The molecule has 2 aliphatic rings. The van der Waals surface area contributed by atoms with E-state index in [1.54, 1.807) is 0 Å². The standard InChI is InChI=1S/C69H46N2/c1-4-16-47(17-5-1)49-30-36-56(37-31-49)70(57-38-32-50(33-39-57)48-18-6-2-7-19-48)58-40-43-60-54(45-58)29-28-53-44-51(34-41-59(53)60)52-35-42-62-61-22-10-11-23-63(61)69(66(62)46-52)64-24-12-14-26-67(64)71(55-20-8-3-9-21-55)68-27-15-13-25-65(68)69/h1-46H. The number of fused-ring (bicyclic) bond motifs is 12. The Morgan fingerprint density at radius 3 is 1.30 bits per heavy atom. The minimum absolute atomic E-state index is 0.507. The van der Waals surface area contributed by atoms with Gasteiger partial charge >= 0.3 is 0 Å². The zero-order chi connectivity index (χ0) is 46.9. The third kappa shape index (κ3) is 6.49. The van der Waals surface area contributed by atoms with Gasteiger partial charge in [-0.25, -0.2) is 0 Å². The van der Waals surface area contributed by atoms with Crippen LogP contribution in [0.4, 0.5) is 34.1 Å². The molecule has 0 fully saturated rings. The molecule has 0 unspecified atom stereocenters. The summed E-state index contributed by atoms with van der Waals surface area (Å²) in [5.41, 5.74) is 21.4. The van der Waals surface area contributed by atoms with E-state index in [9.17, 15) is 0 Å². The minimum Gasteiger partial charge on any atom is -0.310 e. The Balaban J connectivity index is 0.867. The molecular formula is C69H46N2. The van der Waals surface area contributed by atoms with E-state index in [1.807, 2.05) is 0 Å². The van der Waals surface area contributed by atoms with Gasteiger partial charge in [-0.15, -0.1) is 0 Å². The maximum Gasteiger partial charge on any atom is 0.0754 e. The molecule has 0 radical (unpaired) electrons. The molecule has 1 heterocycles. The number of para-hydroxylation sites is 3. The van der Waals surface area contributed by atoms with Gasteiger partial charge < -0.3 is 9.80 Å². The fourth-order valence-corrected chi connectivity index (χ4v) is 11.8. The first kappa shape index (κ1) is 40.8. The Kier molecular flexibility index (Phi) is 9.47. The third-order valence-corrected chi connectivity index (χ3v) is 15.0. The molecule has 2 heteroatoms. The van der Waals surface area contributed by atoms with Crippen LogP contribution in [0.2, 0.25) is 0 Å². The first-order chi connectivity index (χ1) is 35.2. The molecule has 1 aliphatic heterocycles. The lowest BCUT2D eigenvalue weighted by molar-refractivity contribution is 0.753. The third-order valence-electron chi connectivity index (χ3n) is 15.0. The van der Waals surface area contributed by atoms with E-state index in [2.05, 4.69) is 289 Å². The van der Waals surface area contributed by atoms with Gasteiger partial charge in [-0.2, -0.15) is 0 Å². The lowest BCUT2D eigenvalue weighted by atomic mass is 9.64. The smallest absolute Gasteiger partial charge is 0.0754 e. The van der Waals surface area contributed by atoms with Crippen LogP contribution in [0.5, 0.6) is 0 Å². The predicted molar refractivity (Wildman–Crippen MR) is 298 cm³/mol. The van der Waals surface area contributed by atoms with Crippen molar-refractivity contribution in [3.8, 4) is 44.5 Å². The van der Waals surface area contributed by atoms with Gasteiger partial charge in [0.05, 0.1) is 16.8 Å². The zero-order valence-electron chi connectivity index (χ0n) is 39.0. The number of hydrogen-bond acceptors (Lipinski definition) is 2. The molecule has 0 saturated heterocycles. The van der Waals surface area contributed by atoms with Crippen LogP contribution in [0.25, 0.3) is 66.1 Å². The molecule has 0 atom stereocenters. The van der Waals surface area contributed by atoms with E-state index < -0.39 is 5.41 Å². The van der Waals surface area contributed by atoms with Gasteiger partial charge in [0.25, 0.3) is 0 Å². The highest BCUT2D eigenvalue weighted by Gasteiger charge is 2.51. The summed E-state index contributed by atoms with van der Waals surface area (Å²) >= 11 is 0. The summed E-state index contributed by atoms with van der Waals surface area (Å²) in [5.74, 6) is 0. The molecule has 14 rings (SSSR count). The average molecular weight is 903 g/mol. The van der Waals surface area contributed by atoms with E-state index in [0.29, 0.717) is 0 Å². The van der Waals surface area contributed by atoms with Crippen LogP contribution in [-0.2, 0) is 5.41 Å². The van der Waals surface area contributed by atoms with Gasteiger partial charge in [0.15, 0.2) is 0 Å². The van der Waals surface area contributed by atoms with E-state index in [1.165, 1.54) is 99.7 Å². The highest BCUT2D eigenvalue weighted by molar-refractivity contribution is 6.10. The first-order valence-corrected chi connectivity index (χ1v) is 24.6. The van der Waals surface area contributed by atoms with Gasteiger partial charge in [-0.05, 0) is 161 Å². The second-order valence-corrected chi connectivity index (χ2v) is 18.8. The van der Waals surface area contributed by atoms with Crippen molar-refractivity contribution in [1.82, 2.24) is 0 Å². The van der Waals surface area contributed by atoms with Crippen molar-refractivity contribution in [2.24, 2.45) is 0 Å². The molecule has 2 nitrogen and oxygen atoms in total. The zero-order valence-corrected chi connectivity index (χ0v) is 39.0. The van der Waals surface area contributed by atoms with Crippen molar-refractivity contribution in [2.45, 2.75) is 5.41 Å². The Hall–Kier alpha value is -9.24. The normalized spacial score (nSPS) is 12.9. The summed E-state index contributed by atoms with van der Waals surface area (Å²) in [6, 6.07) is 103. The topological polar surface area (TPSA) is 6.48 Å². The second kappa shape index (κ2) is 16.5. The fraction of sp³-hybridized carbons (Fsp3) is 0.0145. The summed E-state index contributed by atoms with van der Waals surface area (Å²) in [6.07, 6.45) is 0. The molecule has 0 aromatic heterocycles. The van der Waals surface area contributed by atoms with Crippen molar-refractivity contribution < 1.29 is 0 Å². The van der Waals surface area contributed by atoms with Gasteiger partial charge in [0.2, 0.25) is 0 Å². The van der Waals surface area contributed by atoms with E-state index in [0.717, 1.165) is 22.7 Å². The number of benzene rings is 12. The maximum absolute atomic E-state index is 2.49. The van der Waals surface area contributed by atoms with E-state index >= 15 is 0 Å². The van der Waals surface area contributed by atoms with E-state index in [-0.39, 0.29) is 0 Å². The fourth-order valence-electron chi connectivity index (χ4n) is 11.8. The van der Waals surface area contributed by atoms with Crippen LogP contribution in [0.1, 0.15) is 22.3 Å². The molecule has 0 N–H and O–H groups in total. The molecule has 1 spiro atoms. The Morgan fingerprint density at radius 2 is 0.690 bits per heavy atom. The first-order valence-electron chi connectivity index (χ1n) is 24.6. The summed E-state index contributed by atoms with van der Waals surface area (Å²) in [4.78, 5) is 4.82. The molecule has 71 heavy (non-hydrogen) atoms. The molecule has 0 saturated carbocycles. The van der Waals surface area contributed by atoms with Gasteiger partial charge in [0.1, 0.15) is 0 Å².